The van der Waals surface area contributed by atoms with Gasteiger partial charge in [-0.3, -0.25) is 0 Å². The molecule has 0 aromatic heterocycles. The highest BCUT2D eigenvalue weighted by atomic mass is 19.1. The van der Waals surface area contributed by atoms with E-state index in [-0.39, 0.29) is 11.4 Å². The Kier molecular flexibility index (Phi) is 1.40. The van der Waals surface area contributed by atoms with Gasteiger partial charge in [-0.15, -0.1) is 0 Å². The molecule has 0 fully saturated rings. The summed E-state index contributed by atoms with van der Waals surface area (Å²) in [5.41, 5.74) is 0.727. The SMILES string of the molecule is CC1(C)Cc2cccc(F)c2O1. The average molecular weight is 166 g/mol. The van der Waals surface area contributed by atoms with Crippen LogP contribution in [-0.2, 0) is 6.42 Å². The Morgan fingerprint density at radius 3 is 2.83 bits per heavy atom. The molecule has 0 saturated carbocycles. The fourth-order valence-corrected chi connectivity index (χ4v) is 1.58. The zero-order valence-electron chi connectivity index (χ0n) is 7.23. The highest BCUT2D eigenvalue weighted by Gasteiger charge is 2.31. The molecule has 0 radical (unpaired) electrons. The Bertz CT molecular complexity index is 318. The smallest absolute Gasteiger partial charge is 0.165 e. The molecule has 0 N–H and O–H groups in total. The van der Waals surface area contributed by atoms with Crippen LogP contribution in [0.15, 0.2) is 18.2 Å². The molecule has 0 unspecified atom stereocenters. The summed E-state index contributed by atoms with van der Waals surface area (Å²) in [6.07, 6.45) is 0.792. The van der Waals surface area contributed by atoms with Crippen LogP contribution in [-0.4, -0.2) is 5.60 Å². The normalized spacial score (nSPS) is 18.6. The minimum atomic E-state index is -0.252. The third kappa shape index (κ3) is 1.07. The van der Waals surface area contributed by atoms with E-state index in [1.54, 1.807) is 6.07 Å². The molecule has 1 aromatic rings. The number of rotatable bonds is 0. The molecule has 0 atom stereocenters. The average Bonchev–Trinajstić information content (AvgIpc) is 2.25. The first kappa shape index (κ1) is 7.59. The summed E-state index contributed by atoms with van der Waals surface area (Å²) in [5, 5.41) is 0. The molecule has 1 aromatic carbocycles. The Balaban J connectivity index is 2.48. The highest BCUT2D eigenvalue weighted by Crippen LogP contribution is 2.36. The molecule has 1 nitrogen and oxygen atoms in total. The number of halogens is 1. The zero-order chi connectivity index (χ0) is 8.77. The van der Waals surface area contributed by atoms with E-state index >= 15 is 0 Å². The molecule has 0 spiro atoms. The van der Waals surface area contributed by atoms with Gasteiger partial charge in [0.1, 0.15) is 5.60 Å². The second-order valence-corrected chi connectivity index (χ2v) is 3.77. The molecular formula is C10H11FO. The van der Waals surface area contributed by atoms with Crippen LogP contribution in [0.25, 0.3) is 0 Å². The number of ether oxygens (including phenoxy) is 1. The van der Waals surface area contributed by atoms with Crippen LogP contribution in [0.1, 0.15) is 19.4 Å². The fourth-order valence-electron chi connectivity index (χ4n) is 1.58. The quantitative estimate of drug-likeness (QED) is 0.575. The van der Waals surface area contributed by atoms with Gasteiger partial charge in [-0.2, -0.15) is 0 Å². The molecule has 2 heteroatoms. The van der Waals surface area contributed by atoms with E-state index in [0.717, 1.165) is 12.0 Å². The molecule has 1 heterocycles. The van der Waals surface area contributed by atoms with Crippen molar-refractivity contribution < 1.29 is 9.13 Å². The highest BCUT2D eigenvalue weighted by molar-refractivity contribution is 5.39. The predicted molar refractivity (Wildman–Crippen MR) is 44.8 cm³/mol. The van der Waals surface area contributed by atoms with E-state index in [2.05, 4.69) is 0 Å². The standard InChI is InChI=1S/C10H11FO/c1-10(2)6-7-4-3-5-8(11)9(7)12-10/h3-5H,6H2,1-2H3. The second kappa shape index (κ2) is 2.22. The topological polar surface area (TPSA) is 9.23 Å². The molecule has 1 aliphatic rings. The van der Waals surface area contributed by atoms with Crippen molar-refractivity contribution in [3.63, 3.8) is 0 Å². The van der Waals surface area contributed by atoms with Crippen LogP contribution in [0.5, 0.6) is 5.75 Å². The van der Waals surface area contributed by atoms with Gasteiger partial charge in [0, 0.05) is 12.0 Å². The van der Waals surface area contributed by atoms with Gasteiger partial charge in [0.15, 0.2) is 11.6 Å². The van der Waals surface area contributed by atoms with Crippen LogP contribution in [0, 0.1) is 5.82 Å². The maximum absolute atomic E-state index is 13.1. The Labute approximate surface area is 71.2 Å². The van der Waals surface area contributed by atoms with E-state index in [1.165, 1.54) is 6.07 Å². The van der Waals surface area contributed by atoms with E-state index in [9.17, 15) is 4.39 Å². The lowest BCUT2D eigenvalue weighted by molar-refractivity contribution is 0.133. The van der Waals surface area contributed by atoms with Crippen molar-refractivity contribution in [1.29, 1.82) is 0 Å². The maximum atomic E-state index is 13.1. The predicted octanol–water partition coefficient (Wildman–Crippen LogP) is 2.54. The molecule has 64 valence electrons. The summed E-state index contributed by atoms with van der Waals surface area (Å²) >= 11 is 0. The van der Waals surface area contributed by atoms with Gasteiger partial charge in [0.25, 0.3) is 0 Å². The summed E-state index contributed by atoms with van der Waals surface area (Å²) < 4.78 is 18.6. The van der Waals surface area contributed by atoms with Crippen LogP contribution in [0.3, 0.4) is 0 Å². The summed E-state index contributed by atoms with van der Waals surface area (Å²) in [7, 11) is 0. The largest absolute Gasteiger partial charge is 0.484 e. The van der Waals surface area contributed by atoms with Gasteiger partial charge in [-0.1, -0.05) is 12.1 Å². The van der Waals surface area contributed by atoms with E-state index in [4.69, 9.17) is 4.74 Å². The minimum Gasteiger partial charge on any atom is -0.484 e. The Morgan fingerprint density at radius 1 is 1.42 bits per heavy atom. The van der Waals surface area contributed by atoms with Crippen LogP contribution in [0.4, 0.5) is 4.39 Å². The maximum Gasteiger partial charge on any atom is 0.165 e. The molecule has 12 heavy (non-hydrogen) atoms. The second-order valence-electron chi connectivity index (χ2n) is 3.77. The summed E-state index contributed by atoms with van der Waals surface area (Å²) in [6, 6.07) is 5.06. The lowest BCUT2D eigenvalue weighted by Gasteiger charge is -2.16. The lowest BCUT2D eigenvalue weighted by Crippen LogP contribution is -2.24. The molecule has 0 bridgehead atoms. The summed E-state index contributed by atoms with van der Waals surface area (Å²) in [4.78, 5) is 0. The fraction of sp³-hybridized carbons (Fsp3) is 0.400. The number of hydrogen-bond acceptors (Lipinski definition) is 1. The van der Waals surface area contributed by atoms with Crippen LogP contribution >= 0.6 is 0 Å². The Morgan fingerprint density at radius 2 is 2.17 bits per heavy atom. The number of benzene rings is 1. The summed E-state index contributed by atoms with van der Waals surface area (Å²) in [5.74, 6) is 0.181. The van der Waals surface area contributed by atoms with Gasteiger partial charge >= 0.3 is 0 Å². The first-order valence-electron chi connectivity index (χ1n) is 4.05. The molecule has 2 rings (SSSR count). The number of hydrogen-bond donors (Lipinski definition) is 0. The summed E-state index contributed by atoms with van der Waals surface area (Å²) in [6.45, 7) is 3.93. The van der Waals surface area contributed by atoms with E-state index < -0.39 is 0 Å². The van der Waals surface area contributed by atoms with Gasteiger partial charge < -0.3 is 4.74 Å². The van der Waals surface area contributed by atoms with Crippen LogP contribution < -0.4 is 4.74 Å². The molecular weight excluding hydrogens is 155 g/mol. The monoisotopic (exact) mass is 166 g/mol. The van der Waals surface area contributed by atoms with E-state index in [0.29, 0.717) is 5.75 Å². The van der Waals surface area contributed by atoms with E-state index in [1.807, 2.05) is 19.9 Å². The van der Waals surface area contributed by atoms with Crippen molar-refractivity contribution in [2.45, 2.75) is 25.9 Å². The molecule has 0 aliphatic carbocycles. The van der Waals surface area contributed by atoms with Crippen molar-refractivity contribution in [2.24, 2.45) is 0 Å². The zero-order valence-corrected chi connectivity index (χ0v) is 7.23. The van der Waals surface area contributed by atoms with Gasteiger partial charge in [-0.05, 0) is 19.9 Å². The van der Waals surface area contributed by atoms with Crippen molar-refractivity contribution in [2.75, 3.05) is 0 Å². The first-order chi connectivity index (χ1) is 5.58. The molecule has 1 aliphatic heterocycles. The van der Waals surface area contributed by atoms with Crippen LogP contribution in [0.2, 0.25) is 0 Å². The minimum absolute atomic E-state index is 0.246. The first-order valence-corrected chi connectivity index (χ1v) is 4.05. The van der Waals surface area contributed by atoms with Crippen molar-refractivity contribution in [3.05, 3.63) is 29.6 Å². The lowest BCUT2D eigenvalue weighted by atomic mass is 10.0. The number of fused-ring (bicyclic) bond motifs is 1. The van der Waals surface area contributed by atoms with Gasteiger partial charge in [0.05, 0.1) is 0 Å². The van der Waals surface area contributed by atoms with Gasteiger partial charge in [0.2, 0.25) is 0 Å². The Hall–Kier alpha value is -1.05. The van der Waals surface area contributed by atoms with Crippen molar-refractivity contribution in [3.8, 4) is 5.75 Å². The van der Waals surface area contributed by atoms with Crippen molar-refractivity contribution >= 4 is 0 Å². The third-order valence-corrected chi connectivity index (χ3v) is 2.04. The molecule has 0 saturated heterocycles. The van der Waals surface area contributed by atoms with Crippen molar-refractivity contribution in [1.82, 2.24) is 0 Å². The molecule has 0 amide bonds. The third-order valence-electron chi connectivity index (χ3n) is 2.04. The van der Waals surface area contributed by atoms with Gasteiger partial charge in [-0.25, -0.2) is 4.39 Å². The number of para-hydroxylation sites is 1.